The molecule has 0 N–H and O–H groups in total. The second-order valence-electron chi connectivity index (χ2n) is 4.56. The average Bonchev–Trinajstić information content (AvgIpc) is 2.35. The number of hydrogen-bond acceptors (Lipinski definition) is 2. The van der Waals surface area contributed by atoms with E-state index in [0.29, 0.717) is 12.2 Å². The lowest BCUT2D eigenvalue weighted by Crippen LogP contribution is -2.12. The summed E-state index contributed by atoms with van der Waals surface area (Å²) in [5.74, 6) is 1.18. The molecule has 0 aliphatic heterocycles. The van der Waals surface area contributed by atoms with Gasteiger partial charge in [-0.25, -0.2) is 0 Å². The fourth-order valence-corrected chi connectivity index (χ4v) is 2.25. The van der Waals surface area contributed by atoms with Gasteiger partial charge in [0.15, 0.2) is 5.78 Å². The Kier molecular flexibility index (Phi) is 3.62. The number of ether oxygens (including phenoxy) is 1. The van der Waals surface area contributed by atoms with Gasteiger partial charge < -0.3 is 4.74 Å². The van der Waals surface area contributed by atoms with Crippen LogP contribution < -0.4 is 4.74 Å². The van der Waals surface area contributed by atoms with Crippen molar-refractivity contribution in [3.8, 4) is 5.75 Å². The monoisotopic (exact) mass is 230 g/mol. The fraction of sp³-hybridized carbons (Fsp3) is 0.400. The Morgan fingerprint density at radius 1 is 1.18 bits per heavy atom. The normalized spacial score (nSPS) is 16.2. The molecular formula is C15H18O2. The summed E-state index contributed by atoms with van der Waals surface area (Å²) in [6.45, 7) is 2.08. The number of hydrogen-bond donors (Lipinski definition) is 0. The first-order valence-electron chi connectivity index (χ1n) is 6.05. The van der Waals surface area contributed by atoms with Crippen molar-refractivity contribution in [1.82, 2.24) is 0 Å². The maximum absolute atomic E-state index is 11.8. The number of rotatable bonds is 3. The van der Waals surface area contributed by atoms with Crippen molar-refractivity contribution in [2.45, 2.75) is 32.6 Å². The summed E-state index contributed by atoms with van der Waals surface area (Å²) in [5, 5.41) is 0. The fourth-order valence-electron chi connectivity index (χ4n) is 2.25. The highest BCUT2D eigenvalue weighted by atomic mass is 16.5. The van der Waals surface area contributed by atoms with E-state index in [0.717, 1.165) is 30.6 Å². The molecule has 0 unspecified atom stereocenters. The van der Waals surface area contributed by atoms with E-state index < -0.39 is 0 Å². The van der Waals surface area contributed by atoms with E-state index >= 15 is 0 Å². The van der Waals surface area contributed by atoms with Crippen molar-refractivity contribution >= 4 is 5.78 Å². The van der Waals surface area contributed by atoms with Crippen LogP contribution in [0.5, 0.6) is 5.75 Å². The molecule has 0 saturated heterocycles. The standard InChI is InChI=1S/C15H18O2/c1-11-4-3-5-15(16)14(11)10-12-6-8-13(17-2)9-7-12/h6-9H,3-5,10H2,1-2H3. The van der Waals surface area contributed by atoms with Crippen LogP contribution in [0.25, 0.3) is 0 Å². The van der Waals surface area contributed by atoms with Crippen LogP contribution in [0.2, 0.25) is 0 Å². The van der Waals surface area contributed by atoms with Gasteiger partial charge in [-0.2, -0.15) is 0 Å². The summed E-state index contributed by atoms with van der Waals surface area (Å²) in [5.41, 5.74) is 3.45. The van der Waals surface area contributed by atoms with Gasteiger partial charge in [0.05, 0.1) is 7.11 Å². The summed E-state index contributed by atoms with van der Waals surface area (Å²) in [6, 6.07) is 7.94. The topological polar surface area (TPSA) is 26.3 Å². The van der Waals surface area contributed by atoms with Crippen LogP contribution in [-0.2, 0) is 11.2 Å². The molecule has 0 fully saturated rings. The molecule has 0 bridgehead atoms. The zero-order valence-corrected chi connectivity index (χ0v) is 10.5. The summed E-state index contributed by atoms with van der Waals surface area (Å²) < 4.78 is 5.12. The molecule has 17 heavy (non-hydrogen) atoms. The Bertz CT molecular complexity index is 440. The summed E-state index contributed by atoms with van der Waals surface area (Å²) in [6.07, 6.45) is 3.55. The van der Waals surface area contributed by atoms with Gasteiger partial charge in [-0.1, -0.05) is 17.7 Å². The van der Waals surface area contributed by atoms with Crippen molar-refractivity contribution in [2.24, 2.45) is 0 Å². The molecular weight excluding hydrogens is 212 g/mol. The molecule has 0 saturated carbocycles. The van der Waals surface area contributed by atoms with Gasteiger partial charge in [0, 0.05) is 12.8 Å². The minimum Gasteiger partial charge on any atom is -0.497 e. The van der Waals surface area contributed by atoms with E-state index in [1.54, 1.807) is 7.11 Å². The van der Waals surface area contributed by atoms with Crippen LogP contribution in [-0.4, -0.2) is 12.9 Å². The molecule has 0 radical (unpaired) electrons. The Morgan fingerprint density at radius 2 is 1.88 bits per heavy atom. The van der Waals surface area contributed by atoms with E-state index in [1.165, 1.54) is 11.1 Å². The first-order valence-corrected chi connectivity index (χ1v) is 6.05. The SMILES string of the molecule is COc1ccc(CC2=C(C)CCCC2=O)cc1. The molecule has 2 rings (SSSR count). The van der Waals surface area contributed by atoms with E-state index in [4.69, 9.17) is 4.74 Å². The largest absolute Gasteiger partial charge is 0.497 e. The minimum atomic E-state index is 0.324. The predicted octanol–water partition coefficient (Wildman–Crippen LogP) is 3.31. The van der Waals surface area contributed by atoms with Gasteiger partial charge in [0.2, 0.25) is 0 Å². The molecule has 1 aromatic rings. The smallest absolute Gasteiger partial charge is 0.159 e. The Hall–Kier alpha value is -1.57. The van der Waals surface area contributed by atoms with E-state index in [1.807, 2.05) is 24.3 Å². The highest BCUT2D eigenvalue weighted by Gasteiger charge is 2.17. The van der Waals surface area contributed by atoms with Crippen molar-refractivity contribution in [3.05, 3.63) is 41.0 Å². The number of carbonyl (C=O) groups is 1. The molecule has 0 atom stereocenters. The Morgan fingerprint density at radius 3 is 2.47 bits per heavy atom. The van der Waals surface area contributed by atoms with Crippen molar-refractivity contribution in [2.75, 3.05) is 7.11 Å². The average molecular weight is 230 g/mol. The third kappa shape index (κ3) is 2.76. The summed E-state index contributed by atoms with van der Waals surface area (Å²) in [4.78, 5) is 11.8. The maximum atomic E-state index is 11.8. The lowest BCUT2D eigenvalue weighted by atomic mass is 9.88. The second kappa shape index (κ2) is 5.17. The predicted molar refractivity (Wildman–Crippen MR) is 68.3 cm³/mol. The lowest BCUT2D eigenvalue weighted by Gasteiger charge is -2.16. The number of Topliss-reactive ketones (excluding diaryl/α,β-unsaturated/α-hetero) is 1. The first kappa shape index (κ1) is 11.9. The van der Waals surface area contributed by atoms with Gasteiger partial charge in [0.1, 0.15) is 5.75 Å². The summed E-state index contributed by atoms with van der Waals surface area (Å²) in [7, 11) is 1.66. The van der Waals surface area contributed by atoms with Crippen LogP contribution in [0.4, 0.5) is 0 Å². The zero-order chi connectivity index (χ0) is 12.3. The minimum absolute atomic E-state index is 0.324. The van der Waals surface area contributed by atoms with E-state index in [-0.39, 0.29) is 0 Å². The highest BCUT2D eigenvalue weighted by Crippen LogP contribution is 2.25. The van der Waals surface area contributed by atoms with Crippen LogP contribution in [0.3, 0.4) is 0 Å². The quantitative estimate of drug-likeness (QED) is 0.796. The zero-order valence-electron chi connectivity index (χ0n) is 10.5. The first-order chi connectivity index (χ1) is 8.20. The molecule has 1 aliphatic carbocycles. The van der Waals surface area contributed by atoms with Crippen LogP contribution in [0, 0.1) is 0 Å². The Balaban J connectivity index is 2.16. The molecule has 0 heterocycles. The van der Waals surface area contributed by atoms with Crippen molar-refractivity contribution in [1.29, 1.82) is 0 Å². The van der Waals surface area contributed by atoms with Crippen molar-refractivity contribution < 1.29 is 9.53 Å². The third-order valence-electron chi connectivity index (χ3n) is 3.35. The molecule has 0 amide bonds. The highest BCUT2D eigenvalue weighted by molar-refractivity contribution is 5.97. The second-order valence-corrected chi connectivity index (χ2v) is 4.56. The van der Waals surface area contributed by atoms with Crippen LogP contribution in [0.1, 0.15) is 31.7 Å². The van der Waals surface area contributed by atoms with E-state index in [9.17, 15) is 4.79 Å². The molecule has 1 aromatic carbocycles. The van der Waals surface area contributed by atoms with Crippen LogP contribution >= 0.6 is 0 Å². The maximum Gasteiger partial charge on any atom is 0.159 e. The van der Waals surface area contributed by atoms with Gasteiger partial charge in [-0.05, 0) is 43.0 Å². The molecule has 0 aromatic heterocycles. The molecule has 2 heteroatoms. The molecule has 1 aliphatic rings. The lowest BCUT2D eigenvalue weighted by molar-refractivity contribution is -0.116. The third-order valence-corrected chi connectivity index (χ3v) is 3.35. The molecule has 0 spiro atoms. The number of methoxy groups -OCH3 is 1. The number of allylic oxidation sites excluding steroid dienone is 2. The van der Waals surface area contributed by atoms with Gasteiger partial charge in [0.25, 0.3) is 0 Å². The summed E-state index contributed by atoms with van der Waals surface area (Å²) >= 11 is 0. The molecule has 2 nitrogen and oxygen atoms in total. The molecule has 90 valence electrons. The van der Waals surface area contributed by atoms with Gasteiger partial charge in [-0.15, -0.1) is 0 Å². The van der Waals surface area contributed by atoms with Crippen molar-refractivity contribution in [3.63, 3.8) is 0 Å². The van der Waals surface area contributed by atoms with E-state index in [2.05, 4.69) is 6.92 Å². The number of benzene rings is 1. The van der Waals surface area contributed by atoms with Gasteiger partial charge >= 0.3 is 0 Å². The van der Waals surface area contributed by atoms with Gasteiger partial charge in [-0.3, -0.25) is 4.79 Å². The van der Waals surface area contributed by atoms with Crippen LogP contribution in [0.15, 0.2) is 35.4 Å². The number of ketones is 1. The number of carbonyl (C=O) groups excluding carboxylic acids is 1. The Labute approximate surface area is 102 Å².